The van der Waals surface area contributed by atoms with Crippen LogP contribution in [0.4, 0.5) is 0 Å². The smallest absolute Gasteiger partial charge is 0.306 e. The van der Waals surface area contributed by atoms with Gasteiger partial charge in [-0.2, -0.15) is 0 Å². The van der Waals surface area contributed by atoms with Crippen molar-refractivity contribution in [2.24, 2.45) is 17.3 Å². The van der Waals surface area contributed by atoms with E-state index in [9.17, 15) is 9.59 Å². The van der Waals surface area contributed by atoms with Gasteiger partial charge in [0.2, 0.25) is 0 Å². The van der Waals surface area contributed by atoms with Gasteiger partial charge in [-0.25, -0.2) is 0 Å². The van der Waals surface area contributed by atoms with Gasteiger partial charge in [0.15, 0.2) is 0 Å². The van der Waals surface area contributed by atoms with E-state index in [1.807, 2.05) is 20.8 Å². The van der Waals surface area contributed by atoms with Crippen molar-refractivity contribution in [1.82, 2.24) is 0 Å². The number of carbonyl (C=O) groups is 2. The molecule has 0 aromatic carbocycles. The molecule has 0 bridgehead atoms. The summed E-state index contributed by atoms with van der Waals surface area (Å²) in [6.45, 7) is 5.69. The highest BCUT2D eigenvalue weighted by Gasteiger charge is 2.54. The highest BCUT2D eigenvalue weighted by atomic mass is 16.6. The molecule has 20 heavy (non-hydrogen) atoms. The first-order valence-corrected chi connectivity index (χ1v) is 7.47. The number of esters is 1. The van der Waals surface area contributed by atoms with Gasteiger partial charge in [0.1, 0.15) is 18.0 Å². The fourth-order valence-corrected chi connectivity index (χ4v) is 3.91. The SMILES string of the molecule is COC(C=O)C1CC2(CC(CC(=O)OC(C)(C)C)C2)C1. The Balaban J connectivity index is 1.69. The zero-order chi connectivity index (χ0) is 15.0. The molecule has 2 aliphatic carbocycles. The number of aldehydes is 1. The molecule has 1 atom stereocenters. The summed E-state index contributed by atoms with van der Waals surface area (Å²) in [7, 11) is 1.59. The minimum Gasteiger partial charge on any atom is -0.460 e. The molecule has 2 fully saturated rings. The maximum absolute atomic E-state index is 11.8. The highest BCUT2D eigenvalue weighted by molar-refractivity contribution is 5.70. The monoisotopic (exact) mass is 282 g/mol. The lowest BCUT2D eigenvalue weighted by Gasteiger charge is -2.58. The first-order chi connectivity index (χ1) is 9.27. The lowest BCUT2D eigenvalue weighted by molar-refractivity contribution is -0.162. The largest absolute Gasteiger partial charge is 0.460 e. The van der Waals surface area contributed by atoms with Crippen LogP contribution in [0.5, 0.6) is 0 Å². The number of rotatable bonds is 5. The molecule has 0 aliphatic heterocycles. The second-order valence-electron chi connectivity index (χ2n) is 7.57. The molecule has 1 spiro atoms. The molecule has 0 amide bonds. The van der Waals surface area contributed by atoms with Crippen LogP contribution >= 0.6 is 0 Å². The minimum atomic E-state index is -0.393. The van der Waals surface area contributed by atoms with E-state index in [0.717, 1.165) is 32.0 Å². The molecule has 0 heterocycles. The lowest BCUT2D eigenvalue weighted by Crippen LogP contribution is -2.51. The van der Waals surface area contributed by atoms with E-state index in [1.54, 1.807) is 7.11 Å². The summed E-state index contributed by atoms with van der Waals surface area (Å²) in [6.07, 6.45) is 5.52. The van der Waals surface area contributed by atoms with Crippen molar-refractivity contribution in [1.29, 1.82) is 0 Å². The summed E-state index contributed by atoms with van der Waals surface area (Å²) < 4.78 is 10.5. The topological polar surface area (TPSA) is 52.6 Å². The third-order valence-electron chi connectivity index (χ3n) is 4.58. The summed E-state index contributed by atoms with van der Waals surface area (Å²) in [4.78, 5) is 22.6. The second kappa shape index (κ2) is 5.47. The molecule has 0 saturated heterocycles. The number of methoxy groups -OCH3 is 1. The van der Waals surface area contributed by atoms with Crippen molar-refractivity contribution in [3.63, 3.8) is 0 Å². The first-order valence-electron chi connectivity index (χ1n) is 7.47. The third-order valence-corrected chi connectivity index (χ3v) is 4.58. The number of hydrogen-bond acceptors (Lipinski definition) is 4. The van der Waals surface area contributed by atoms with Crippen LogP contribution in [-0.4, -0.2) is 31.1 Å². The van der Waals surface area contributed by atoms with Crippen LogP contribution < -0.4 is 0 Å². The van der Waals surface area contributed by atoms with Crippen LogP contribution in [0.15, 0.2) is 0 Å². The zero-order valence-corrected chi connectivity index (χ0v) is 13.0. The Morgan fingerprint density at radius 3 is 2.35 bits per heavy atom. The second-order valence-corrected chi connectivity index (χ2v) is 7.57. The van der Waals surface area contributed by atoms with E-state index in [4.69, 9.17) is 9.47 Å². The van der Waals surface area contributed by atoms with Gasteiger partial charge in [0.05, 0.1) is 0 Å². The van der Waals surface area contributed by atoms with E-state index in [2.05, 4.69) is 0 Å². The van der Waals surface area contributed by atoms with Crippen molar-refractivity contribution in [2.75, 3.05) is 7.11 Å². The molecule has 0 aromatic heterocycles. The van der Waals surface area contributed by atoms with E-state index < -0.39 is 5.60 Å². The molecule has 2 aliphatic rings. The molecule has 4 nitrogen and oxygen atoms in total. The Morgan fingerprint density at radius 1 is 1.30 bits per heavy atom. The molecule has 1 unspecified atom stereocenters. The Labute approximate surface area is 121 Å². The van der Waals surface area contributed by atoms with Gasteiger partial charge in [-0.3, -0.25) is 4.79 Å². The molecule has 0 radical (unpaired) electrons. The van der Waals surface area contributed by atoms with Crippen LogP contribution in [0.25, 0.3) is 0 Å². The molecule has 114 valence electrons. The van der Waals surface area contributed by atoms with E-state index in [1.165, 1.54) is 0 Å². The summed E-state index contributed by atoms with van der Waals surface area (Å²) in [5, 5.41) is 0. The van der Waals surface area contributed by atoms with Gasteiger partial charge >= 0.3 is 5.97 Å². The predicted octanol–water partition coefficient (Wildman–Crippen LogP) is 2.74. The van der Waals surface area contributed by atoms with Gasteiger partial charge < -0.3 is 14.3 Å². The van der Waals surface area contributed by atoms with E-state index >= 15 is 0 Å². The molecule has 0 aromatic rings. The van der Waals surface area contributed by atoms with Gasteiger partial charge in [0, 0.05) is 13.5 Å². The Bertz CT molecular complexity index is 368. The van der Waals surface area contributed by atoms with Gasteiger partial charge in [0.25, 0.3) is 0 Å². The summed E-state index contributed by atoms with van der Waals surface area (Å²) in [6, 6.07) is 0. The average molecular weight is 282 g/mol. The van der Waals surface area contributed by atoms with Crippen molar-refractivity contribution in [2.45, 2.75) is 64.6 Å². The normalized spacial score (nSPS) is 34.0. The highest BCUT2D eigenvalue weighted by Crippen LogP contribution is 2.62. The standard InChI is InChI=1S/C16H26O4/c1-15(2,3)20-14(18)5-11-6-16(7-11)8-12(9-16)13(10-17)19-4/h10-13H,5-9H2,1-4H3. The van der Waals surface area contributed by atoms with Crippen LogP contribution in [-0.2, 0) is 19.1 Å². The minimum absolute atomic E-state index is 0.0871. The van der Waals surface area contributed by atoms with Crippen molar-refractivity contribution >= 4 is 12.3 Å². The maximum atomic E-state index is 11.8. The first kappa shape index (κ1) is 15.5. The Hall–Kier alpha value is -0.900. The number of carbonyl (C=O) groups excluding carboxylic acids is 2. The van der Waals surface area contributed by atoms with Crippen LogP contribution in [0, 0.1) is 17.3 Å². The summed E-state index contributed by atoms with van der Waals surface area (Å²) in [5.74, 6) is 0.749. The fourth-order valence-electron chi connectivity index (χ4n) is 3.91. The summed E-state index contributed by atoms with van der Waals surface area (Å²) in [5.41, 5.74) is -0.00708. The average Bonchev–Trinajstić information content (AvgIpc) is 2.21. The van der Waals surface area contributed by atoms with Crippen LogP contribution in [0.3, 0.4) is 0 Å². The van der Waals surface area contributed by atoms with Gasteiger partial charge in [-0.05, 0) is 63.7 Å². The predicted molar refractivity (Wildman–Crippen MR) is 75.2 cm³/mol. The molecular weight excluding hydrogens is 256 g/mol. The number of ether oxygens (including phenoxy) is 2. The maximum Gasteiger partial charge on any atom is 0.306 e. The molecular formula is C16H26O4. The Morgan fingerprint density at radius 2 is 1.90 bits per heavy atom. The van der Waals surface area contributed by atoms with Crippen LogP contribution in [0.2, 0.25) is 0 Å². The van der Waals surface area contributed by atoms with E-state index in [-0.39, 0.29) is 12.1 Å². The zero-order valence-electron chi connectivity index (χ0n) is 13.0. The van der Waals surface area contributed by atoms with E-state index in [0.29, 0.717) is 23.7 Å². The Kier molecular flexibility index (Phi) is 4.24. The summed E-state index contributed by atoms with van der Waals surface area (Å²) >= 11 is 0. The van der Waals surface area contributed by atoms with Gasteiger partial charge in [-0.15, -0.1) is 0 Å². The quantitative estimate of drug-likeness (QED) is 0.574. The third kappa shape index (κ3) is 3.40. The molecule has 0 N–H and O–H groups in total. The van der Waals surface area contributed by atoms with Crippen molar-refractivity contribution in [3.8, 4) is 0 Å². The number of hydrogen-bond donors (Lipinski definition) is 0. The van der Waals surface area contributed by atoms with Crippen molar-refractivity contribution in [3.05, 3.63) is 0 Å². The molecule has 2 saturated carbocycles. The van der Waals surface area contributed by atoms with Crippen molar-refractivity contribution < 1.29 is 19.1 Å². The lowest BCUT2D eigenvalue weighted by atomic mass is 9.47. The van der Waals surface area contributed by atoms with Crippen LogP contribution in [0.1, 0.15) is 52.9 Å². The fraction of sp³-hybridized carbons (Fsp3) is 0.875. The van der Waals surface area contributed by atoms with Gasteiger partial charge in [-0.1, -0.05) is 0 Å². The molecule has 4 heteroatoms. The molecule has 2 rings (SSSR count).